The summed E-state index contributed by atoms with van der Waals surface area (Å²) in [6.45, 7) is 6.22. The molecule has 5 nitrogen and oxygen atoms in total. The van der Waals surface area contributed by atoms with Gasteiger partial charge in [0.2, 0.25) is 5.89 Å². The summed E-state index contributed by atoms with van der Waals surface area (Å²) < 4.78 is 7.93. The average Bonchev–Trinajstić information content (AvgIpc) is 3.33. The van der Waals surface area contributed by atoms with E-state index >= 15 is 0 Å². The zero-order valence-electron chi connectivity index (χ0n) is 14.7. The molecular weight excluding hydrogens is 378 g/mol. The van der Waals surface area contributed by atoms with Crippen molar-refractivity contribution in [3.8, 4) is 11.5 Å². The van der Waals surface area contributed by atoms with Gasteiger partial charge in [-0.25, -0.2) is 9.97 Å². The first-order chi connectivity index (χ1) is 13.2. The Balaban J connectivity index is 1.58. The Bertz CT molecular complexity index is 1160. The highest BCUT2D eigenvalue weighted by Gasteiger charge is 2.13. The van der Waals surface area contributed by atoms with Crippen molar-refractivity contribution in [1.82, 2.24) is 14.5 Å². The van der Waals surface area contributed by atoms with Crippen LogP contribution in [0.1, 0.15) is 11.3 Å². The molecule has 0 aliphatic carbocycles. The van der Waals surface area contributed by atoms with Gasteiger partial charge in [-0.3, -0.25) is 9.36 Å². The van der Waals surface area contributed by atoms with Gasteiger partial charge in [0.15, 0.2) is 5.16 Å². The summed E-state index contributed by atoms with van der Waals surface area (Å²) in [5.74, 6) is 1.16. The fourth-order valence-electron chi connectivity index (χ4n) is 2.66. The monoisotopic (exact) mass is 395 g/mol. The van der Waals surface area contributed by atoms with Crippen LogP contribution in [0.3, 0.4) is 0 Å². The maximum Gasteiger partial charge on any atom is 0.272 e. The van der Waals surface area contributed by atoms with Gasteiger partial charge in [0.05, 0.1) is 11.2 Å². The smallest absolute Gasteiger partial charge is 0.272 e. The molecule has 0 unspecified atom stereocenters. The van der Waals surface area contributed by atoms with Crippen LogP contribution in [0.25, 0.3) is 21.7 Å². The number of thiophene rings is 1. The van der Waals surface area contributed by atoms with Gasteiger partial charge >= 0.3 is 0 Å². The summed E-state index contributed by atoms with van der Waals surface area (Å²) in [6.07, 6.45) is 3.36. The second kappa shape index (κ2) is 7.54. The van der Waals surface area contributed by atoms with Gasteiger partial charge in [0.1, 0.15) is 11.0 Å². The molecule has 4 rings (SSSR count). The molecule has 27 heavy (non-hydrogen) atoms. The van der Waals surface area contributed by atoms with Crippen molar-refractivity contribution < 1.29 is 4.42 Å². The first-order valence-electron chi connectivity index (χ1n) is 8.39. The molecule has 0 bridgehead atoms. The SMILES string of the molecule is C=CCn1c(SCc2coc(-c3ccc(C)cc3)n2)nc2ccsc2c1=O. The number of aromatic nitrogens is 3. The summed E-state index contributed by atoms with van der Waals surface area (Å²) in [5.41, 5.74) is 3.64. The summed E-state index contributed by atoms with van der Waals surface area (Å²) in [6, 6.07) is 9.91. The molecule has 0 radical (unpaired) electrons. The van der Waals surface area contributed by atoms with E-state index in [-0.39, 0.29) is 5.56 Å². The van der Waals surface area contributed by atoms with E-state index in [2.05, 4.69) is 16.5 Å². The maximum absolute atomic E-state index is 12.7. The Morgan fingerprint density at radius 1 is 1.26 bits per heavy atom. The van der Waals surface area contributed by atoms with E-state index in [0.29, 0.717) is 28.0 Å². The van der Waals surface area contributed by atoms with E-state index in [4.69, 9.17) is 4.42 Å². The minimum Gasteiger partial charge on any atom is -0.444 e. The molecule has 0 N–H and O–H groups in total. The molecule has 3 aromatic heterocycles. The zero-order chi connectivity index (χ0) is 18.8. The van der Waals surface area contributed by atoms with Crippen LogP contribution in [-0.2, 0) is 12.3 Å². The predicted octanol–water partition coefficient (Wildman–Crippen LogP) is 4.90. The first kappa shape index (κ1) is 17.8. The Labute approximate surface area is 164 Å². The van der Waals surface area contributed by atoms with Gasteiger partial charge in [-0.05, 0) is 30.5 Å². The van der Waals surface area contributed by atoms with Crippen LogP contribution < -0.4 is 5.56 Å². The normalized spacial score (nSPS) is 11.1. The van der Waals surface area contributed by atoms with Gasteiger partial charge in [0.25, 0.3) is 5.56 Å². The Morgan fingerprint density at radius 3 is 2.85 bits per heavy atom. The number of rotatable bonds is 6. The maximum atomic E-state index is 12.7. The minimum atomic E-state index is -0.0297. The number of nitrogens with zero attached hydrogens (tertiary/aromatic N) is 3. The lowest BCUT2D eigenvalue weighted by atomic mass is 10.1. The number of thioether (sulfide) groups is 1. The van der Waals surface area contributed by atoms with Gasteiger partial charge in [-0.1, -0.05) is 35.5 Å². The summed E-state index contributed by atoms with van der Waals surface area (Å²) in [5, 5.41) is 2.54. The van der Waals surface area contributed by atoms with E-state index in [1.165, 1.54) is 28.7 Å². The molecule has 136 valence electrons. The van der Waals surface area contributed by atoms with E-state index in [1.54, 1.807) is 16.9 Å². The number of fused-ring (bicyclic) bond motifs is 1. The van der Waals surface area contributed by atoms with E-state index in [1.807, 2.05) is 42.6 Å². The van der Waals surface area contributed by atoms with Crippen molar-refractivity contribution in [2.45, 2.75) is 24.4 Å². The molecule has 0 spiro atoms. The van der Waals surface area contributed by atoms with E-state index in [9.17, 15) is 4.79 Å². The second-order valence-electron chi connectivity index (χ2n) is 6.03. The molecule has 1 aromatic carbocycles. The van der Waals surface area contributed by atoms with Crippen LogP contribution in [0.15, 0.2) is 69.0 Å². The largest absolute Gasteiger partial charge is 0.444 e. The molecule has 7 heteroatoms. The molecule has 0 fully saturated rings. The molecular formula is C20H17N3O2S2. The van der Waals surface area contributed by atoms with Crippen molar-refractivity contribution in [1.29, 1.82) is 0 Å². The van der Waals surface area contributed by atoms with Crippen LogP contribution in [0.4, 0.5) is 0 Å². The van der Waals surface area contributed by atoms with Gasteiger partial charge in [0, 0.05) is 17.9 Å². The fourth-order valence-corrected chi connectivity index (χ4v) is 4.33. The molecule has 4 aromatic rings. The fraction of sp³-hybridized carbons (Fsp3) is 0.150. The number of allylic oxidation sites excluding steroid dienone is 1. The highest BCUT2D eigenvalue weighted by molar-refractivity contribution is 7.98. The molecule has 0 atom stereocenters. The summed E-state index contributed by atoms with van der Waals surface area (Å²) in [4.78, 5) is 21.9. The van der Waals surface area contributed by atoms with Crippen LogP contribution >= 0.6 is 23.1 Å². The molecule has 0 saturated carbocycles. The van der Waals surface area contributed by atoms with Crippen LogP contribution in [0, 0.1) is 6.92 Å². The third-order valence-corrected chi connectivity index (χ3v) is 5.94. The minimum absolute atomic E-state index is 0.0297. The van der Waals surface area contributed by atoms with Crippen molar-refractivity contribution in [3.05, 3.63) is 76.2 Å². The second-order valence-corrected chi connectivity index (χ2v) is 7.89. The summed E-state index contributed by atoms with van der Waals surface area (Å²) >= 11 is 2.88. The highest BCUT2D eigenvalue weighted by atomic mass is 32.2. The lowest BCUT2D eigenvalue weighted by Crippen LogP contribution is -2.21. The summed E-state index contributed by atoms with van der Waals surface area (Å²) in [7, 11) is 0. The predicted molar refractivity (Wildman–Crippen MR) is 110 cm³/mol. The Hall–Kier alpha value is -2.64. The number of hydrogen-bond acceptors (Lipinski definition) is 6. The van der Waals surface area contributed by atoms with E-state index in [0.717, 1.165) is 16.8 Å². The number of benzene rings is 1. The molecule has 3 heterocycles. The lowest BCUT2D eigenvalue weighted by molar-refractivity contribution is 0.573. The van der Waals surface area contributed by atoms with E-state index < -0.39 is 0 Å². The topological polar surface area (TPSA) is 60.9 Å². The molecule has 0 aliphatic rings. The van der Waals surface area contributed by atoms with Gasteiger partial charge in [-0.2, -0.15) is 0 Å². The van der Waals surface area contributed by atoms with Crippen molar-refractivity contribution in [2.75, 3.05) is 0 Å². The van der Waals surface area contributed by atoms with Crippen molar-refractivity contribution >= 4 is 33.3 Å². The lowest BCUT2D eigenvalue weighted by Gasteiger charge is -2.09. The molecule has 0 saturated heterocycles. The van der Waals surface area contributed by atoms with Crippen molar-refractivity contribution in [2.24, 2.45) is 0 Å². The van der Waals surface area contributed by atoms with Crippen LogP contribution in [-0.4, -0.2) is 14.5 Å². The standard InChI is InChI=1S/C20H17N3O2S2/c1-3-9-23-19(24)17-16(8-10-26-17)22-20(23)27-12-15-11-25-18(21-15)14-6-4-13(2)5-7-14/h3-8,10-11H,1,9,12H2,2H3. The quantitative estimate of drug-likeness (QED) is 0.264. The number of aryl methyl sites for hydroxylation is 1. The molecule has 0 aliphatic heterocycles. The highest BCUT2D eigenvalue weighted by Crippen LogP contribution is 2.26. The third kappa shape index (κ3) is 3.61. The average molecular weight is 396 g/mol. The van der Waals surface area contributed by atoms with Crippen molar-refractivity contribution in [3.63, 3.8) is 0 Å². The number of oxazole rings is 1. The Kier molecular flexibility index (Phi) is 4.96. The zero-order valence-corrected chi connectivity index (χ0v) is 16.3. The van der Waals surface area contributed by atoms with Crippen LogP contribution in [0.5, 0.6) is 0 Å². The van der Waals surface area contributed by atoms with Gasteiger partial charge in [-0.15, -0.1) is 17.9 Å². The number of hydrogen-bond donors (Lipinski definition) is 0. The van der Waals surface area contributed by atoms with Gasteiger partial charge < -0.3 is 4.42 Å². The first-order valence-corrected chi connectivity index (χ1v) is 10.3. The Morgan fingerprint density at radius 2 is 2.07 bits per heavy atom. The third-order valence-electron chi connectivity index (χ3n) is 4.04. The molecule has 0 amide bonds. The van der Waals surface area contributed by atoms with Crippen LogP contribution in [0.2, 0.25) is 0 Å².